The van der Waals surface area contributed by atoms with Crippen molar-refractivity contribution in [1.29, 1.82) is 0 Å². The van der Waals surface area contributed by atoms with Gasteiger partial charge in [-0.3, -0.25) is 9.59 Å². The topological polar surface area (TPSA) is 151 Å². The normalized spacial score (nSPS) is 14.2. The zero-order valence-corrected chi connectivity index (χ0v) is 28.0. The maximum atomic E-state index is 13.5. The zero-order valence-electron chi connectivity index (χ0n) is 26.3. The van der Waals surface area contributed by atoms with E-state index in [0.29, 0.717) is 35.1 Å². The fourth-order valence-corrected chi connectivity index (χ4v) is 7.28. The molecule has 11 nitrogen and oxygen atoms in total. The number of amides is 1. The first-order valence-corrected chi connectivity index (χ1v) is 17.3. The molecule has 0 fully saturated rings. The van der Waals surface area contributed by atoms with Gasteiger partial charge in [0, 0.05) is 12.5 Å². The van der Waals surface area contributed by atoms with Gasteiger partial charge in [-0.15, -0.1) is 0 Å². The lowest BCUT2D eigenvalue weighted by molar-refractivity contribution is -0.119. The second kappa shape index (κ2) is 13.1. The lowest BCUT2D eigenvalue weighted by atomic mass is 9.95. The van der Waals surface area contributed by atoms with E-state index in [1.54, 1.807) is 24.3 Å². The Bertz CT molecular complexity index is 2130. The number of hydrogen-bond donors (Lipinski definition) is 1. The monoisotopic (exact) mass is 679 g/mol. The van der Waals surface area contributed by atoms with Gasteiger partial charge in [-0.05, 0) is 91.9 Å². The van der Waals surface area contributed by atoms with Gasteiger partial charge < -0.3 is 23.2 Å². The Kier molecular flexibility index (Phi) is 9.32. The summed E-state index contributed by atoms with van der Waals surface area (Å²) in [6.07, 6.45) is 0.597. The molecule has 0 aromatic heterocycles. The van der Waals surface area contributed by atoms with Crippen molar-refractivity contribution < 1.29 is 39.5 Å². The highest BCUT2D eigenvalue weighted by atomic mass is 32.2. The predicted molar refractivity (Wildman–Crippen MR) is 174 cm³/mol. The highest BCUT2D eigenvalue weighted by Gasteiger charge is 2.32. The molecule has 4 aromatic carbocycles. The highest BCUT2D eigenvalue weighted by Crippen LogP contribution is 2.51. The molecule has 1 amide bonds. The molecule has 0 heterocycles. The van der Waals surface area contributed by atoms with Crippen LogP contribution in [0.5, 0.6) is 23.0 Å². The van der Waals surface area contributed by atoms with E-state index in [0.717, 1.165) is 11.1 Å². The first-order valence-electron chi connectivity index (χ1n) is 14.5. The van der Waals surface area contributed by atoms with Crippen LogP contribution in [0.15, 0.2) is 87.4 Å². The quantitative estimate of drug-likeness (QED) is 0.239. The van der Waals surface area contributed by atoms with Crippen molar-refractivity contribution in [1.82, 2.24) is 5.32 Å². The number of hydrogen-bond acceptors (Lipinski definition) is 10. The number of methoxy groups -OCH3 is 2. The summed E-state index contributed by atoms with van der Waals surface area (Å²) in [4.78, 5) is 25.6. The lowest BCUT2D eigenvalue weighted by Gasteiger charge is -2.20. The third-order valence-corrected chi connectivity index (χ3v) is 10.2. The largest absolute Gasteiger partial charge is 0.492 e. The number of nitrogens with one attached hydrogen (secondary N) is 1. The fraction of sp³-hybridized carbons (Fsp3) is 0.235. The Labute approximate surface area is 273 Å². The van der Waals surface area contributed by atoms with Gasteiger partial charge in [-0.1, -0.05) is 35.4 Å². The van der Waals surface area contributed by atoms with E-state index < -0.39 is 37.5 Å². The molecule has 13 heteroatoms. The molecule has 0 spiro atoms. The standard InChI is InChI=1S/C34H33NO10S2/c1-20-6-11-24(12-7-20)46(38,39)44-30-17-15-26-27(19-29(30)37)28(35-22(3)36)16-10-23-18-31(33(42-4)34(43-5)32(23)26)45-47(40,41)25-13-8-21(2)9-14-25/h6-9,11-15,17-19,28H,10,16H2,1-5H3,(H,35,36)/t28-/m0/s1. The van der Waals surface area contributed by atoms with Gasteiger partial charge in [0.05, 0.1) is 20.3 Å². The summed E-state index contributed by atoms with van der Waals surface area (Å²) in [5.74, 6) is -0.865. The van der Waals surface area contributed by atoms with Crippen molar-refractivity contribution in [3.63, 3.8) is 0 Å². The van der Waals surface area contributed by atoms with Crippen molar-refractivity contribution in [2.75, 3.05) is 14.2 Å². The van der Waals surface area contributed by atoms with Crippen molar-refractivity contribution in [2.45, 2.75) is 49.4 Å². The van der Waals surface area contributed by atoms with E-state index >= 15 is 0 Å². The van der Waals surface area contributed by atoms with E-state index in [9.17, 15) is 26.4 Å². The van der Waals surface area contributed by atoms with Crippen molar-refractivity contribution >= 4 is 26.1 Å². The van der Waals surface area contributed by atoms with Crippen LogP contribution >= 0.6 is 0 Å². The molecule has 1 atom stereocenters. The molecule has 0 unspecified atom stereocenters. The van der Waals surface area contributed by atoms with Crippen LogP contribution in [0, 0.1) is 13.8 Å². The average Bonchev–Trinajstić information content (AvgIpc) is 3.25. The summed E-state index contributed by atoms with van der Waals surface area (Å²) in [6, 6.07) is 17.0. The van der Waals surface area contributed by atoms with E-state index in [4.69, 9.17) is 17.8 Å². The average molecular weight is 680 g/mol. The van der Waals surface area contributed by atoms with Crippen LogP contribution in [0.2, 0.25) is 0 Å². The molecular formula is C34H33NO10S2. The first-order chi connectivity index (χ1) is 22.2. The molecule has 1 N–H and O–H groups in total. The molecule has 1 aliphatic carbocycles. The third kappa shape index (κ3) is 6.96. The zero-order chi connectivity index (χ0) is 34.1. The van der Waals surface area contributed by atoms with Crippen LogP contribution < -0.4 is 28.6 Å². The summed E-state index contributed by atoms with van der Waals surface area (Å²) in [5.41, 5.74) is 2.75. The lowest BCUT2D eigenvalue weighted by Crippen LogP contribution is -2.26. The van der Waals surface area contributed by atoms with Crippen LogP contribution in [0.4, 0.5) is 0 Å². The van der Waals surface area contributed by atoms with Gasteiger partial charge >= 0.3 is 20.2 Å². The van der Waals surface area contributed by atoms with Gasteiger partial charge in [-0.2, -0.15) is 16.8 Å². The first kappa shape index (κ1) is 33.5. The Hall–Kier alpha value is -4.88. The Morgan fingerprint density at radius 2 is 1.28 bits per heavy atom. The molecular weight excluding hydrogens is 647 g/mol. The molecule has 1 aliphatic rings. The summed E-state index contributed by atoms with van der Waals surface area (Å²) in [6.45, 7) is 4.98. The smallest absolute Gasteiger partial charge is 0.339 e. The molecule has 0 saturated carbocycles. The van der Waals surface area contributed by atoms with Crippen LogP contribution in [0.25, 0.3) is 11.1 Å². The molecule has 47 heavy (non-hydrogen) atoms. The molecule has 4 aromatic rings. The number of ether oxygens (including phenoxy) is 2. The maximum Gasteiger partial charge on any atom is 0.339 e. The molecule has 5 rings (SSSR count). The summed E-state index contributed by atoms with van der Waals surface area (Å²) in [5, 5.41) is 2.86. The van der Waals surface area contributed by atoms with Gasteiger partial charge in [0.2, 0.25) is 17.1 Å². The third-order valence-electron chi connectivity index (χ3n) is 7.68. The Balaban J connectivity index is 1.69. The SMILES string of the molecule is COc1c(OS(=O)(=O)c2ccc(C)cc2)cc2c(c1OC)-c1ccc(OS(=O)(=O)c3ccc(C)cc3)c(=O)cc1[C@@H](NC(C)=O)CC2. The second-order valence-electron chi connectivity index (χ2n) is 11.0. The minimum atomic E-state index is -4.37. The van der Waals surface area contributed by atoms with Gasteiger partial charge in [0.15, 0.2) is 17.2 Å². The Morgan fingerprint density at radius 1 is 0.745 bits per heavy atom. The van der Waals surface area contributed by atoms with E-state index in [-0.39, 0.29) is 32.9 Å². The molecule has 0 saturated heterocycles. The second-order valence-corrected chi connectivity index (χ2v) is 14.1. The van der Waals surface area contributed by atoms with Crippen LogP contribution in [-0.4, -0.2) is 37.0 Å². The number of carbonyl (C=O) groups is 1. The van der Waals surface area contributed by atoms with Gasteiger partial charge in [0.25, 0.3) is 0 Å². The number of benzene rings is 3. The van der Waals surface area contributed by atoms with E-state index in [1.807, 2.05) is 13.8 Å². The molecule has 246 valence electrons. The fourth-order valence-electron chi connectivity index (χ4n) is 5.42. The minimum Gasteiger partial charge on any atom is -0.492 e. The predicted octanol–water partition coefficient (Wildman–Crippen LogP) is 5.01. The minimum absolute atomic E-state index is 0.0295. The molecule has 0 radical (unpaired) electrons. The van der Waals surface area contributed by atoms with E-state index in [2.05, 4.69) is 5.32 Å². The van der Waals surface area contributed by atoms with Crippen molar-refractivity contribution in [3.8, 4) is 34.1 Å². The summed E-state index contributed by atoms with van der Waals surface area (Å²) in [7, 11) is -5.95. The maximum absolute atomic E-state index is 13.5. The van der Waals surface area contributed by atoms with Crippen LogP contribution in [0.1, 0.15) is 41.6 Å². The number of rotatable bonds is 9. The number of aryl methyl sites for hydroxylation is 3. The van der Waals surface area contributed by atoms with Crippen LogP contribution in [0.3, 0.4) is 0 Å². The summed E-state index contributed by atoms with van der Waals surface area (Å²) < 4.78 is 75.1. The Morgan fingerprint density at radius 3 is 1.79 bits per heavy atom. The summed E-state index contributed by atoms with van der Waals surface area (Å²) >= 11 is 0. The highest BCUT2D eigenvalue weighted by molar-refractivity contribution is 7.87. The molecule has 0 bridgehead atoms. The van der Waals surface area contributed by atoms with Gasteiger partial charge in [0.1, 0.15) is 9.79 Å². The van der Waals surface area contributed by atoms with Gasteiger partial charge in [-0.25, -0.2) is 0 Å². The van der Waals surface area contributed by atoms with Crippen LogP contribution in [-0.2, 0) is 31.5 Å². The number of fused-ring (bicyclic) bond motifs is 3. The van der Waals surface area contributed by atoms with E-state index in [1.165, 1.54) is 69.7 Å². The molecule has 0 aliphatic heterocycles. The van der Waals surface area contributed by atoms with Crippen molar-refractivity contribution in [3.05, 3.63) is 105 Å². The number of carbonyl (C=O) groups excluding carboxylic acids is 1. The van der Waals surface area contributed by atoms with Crippen molar-refractivity contribution in [2.24, 2.45) is 0 Å².